The lowest BCUT2D eigenvalue weighted by molar-refractivity contribution is -0.259. The predicted octanol–water partition coefficient (Wildman–Crippen LogP) is 6.81. The summed E-state index contributed by atoms with van der Waals surface area (Å²) in [4.78, 5) is 0. The number of hydrogen-bond donors (Lipinski definition) is 3. The first kappa shape index (κ1) is 29.0. The van der Waals surface area contributed by atoms with Gasteiger partial charge in [-0.2, -0.15) is 18.3 Å². The minimum absolute atomic E-state index is 0.0202. The molecule has 4 fully saturated rings. The fourth-order valence-electron chi connectivity index (χ4n) is 12.2. The second-order valence-corrected chi connectivity index (χ2v) is 16.5. The highest BCUT2D eigenvalue weighted by Crippen LogP contribution is 2.75. The minimum atomic E-state index is -4.55. The Balaban J connectivity index is 1.44. The largest absolute Gasteiger partial charge is 0.435 e. The predicted molar refractivity (Wildman–Crippen MR) is 147 cm³/mol. The molecule has 0 amide bonds. The van der Waals surface area contributed by atoms with Crippen molar-refractivity contribution in [2.24, 2.45) is 39.9 Å². The molecule has 0 radical (unpaired) electrons. The van der Waals surface area contributed by atoms with Gasteiger partial charge in [-0.05, 0) is 106 Å². The van der Waals surface area contributed by atoms with Crippen LogP contribution >= 0.6 is 0 Å². The normalized spacial score (nSPS) is 49.5. The van der Waals surface area contributed by atoms with Gasteiger partial charge in [-0.1, -0.05) is 34.6 Å². The van der Waals surface area contributed by atoms with Gasteiger partial charge in [0.15, 0.2) is 5.69 Å². The molecule has 3 saturated carbocycles. The number of rotatable bonds is 1. The first-order chi connectivity index (χ1) is 18.2. The number of nitrogens with zero attached hydrogens (tertiary/aromatic N) is 1. The molecule has 0 unspecified atom stereocenters. The molecule has 6 rings (SSSR count). The fourth-order valence-corrected chi connectivity index (χ4v) is 12.2. The maximum absolute atomic E-state index is 14.1. The molecule has 1 aromatic heterocycles. The van der Waals surface area contributed by atoms with E-state index in [0.717, 1.165) is 32.1 Å². The number of alkyl halides is 3. The summed E-state index contributed by atoms with van der Waals surface area (Å²) in [6, 6.07) is 0. The lowest BCUT2D eigenvalue weighted by atomic mass is 9.34. The molecule has 226 valence electrons. The van der Waals surface area contributed by atoms with Crippen molar-refractivity contribution in [3.63, 3.8) is 0 Å². The van der Waals surface area contributed by atoms with Gasteiger partial charge in [0.1, 0.15) is 0 Å². The first-order valence-corrected chi connectivity index (χ1v) is 15.4. The Bertz CT molecular complexity index is 1190. The van der Waals surface area contributed by atoms with Crippen LogP contribution in [0.1, 0.15) is 117 Å². The number of fused-ring (bicyclic) bond motifs is 6. The lowest BCUT2D eigenvalue weighted by Crippen LogP contribution is -2.69. The van der Waals surface area contributed by atoms with Crippen molar-refractivity contribution in [2.75, 3.05) is 0 Å². The third-order valence-corrected chi connectivity index (χ3v) is 13.5. The molecule has 0 aromatic carbocycles. The second kappa shape index (κ2) is 8.28. The topological polar surface area (TPSA) is 78.4 Å². The Morgan fingerprint density at radius 2 is 1.60 bits per heavy atom. The number of aromatic amines is 1. The Kier molecular flexibility index (Phi) is 6.00. The molecule has 1 aromatic rings. The van der Waals surface area contributed by atoms with Gasteiger partial charge in [0.2, 0.25) is 0 Å². The molecule has 1 saturated heterocycles. The summed E-state index contributed by atoms with van der Waals surface area (Å²) >= 11 is 0. The molecule has 10 atom stereocenters. The zero-order valence-electron chi connectivity index (χ0n) is 25.5. The standard InChI is InChI=1S/C32H49F3N2O3/c1-26(2)11-9-12-31(8,40-26)18-10-13-29(6)22(18)19(38)14-21-28(5)15-17-24(36-37-25(17)32(33,34)35)27(3,4)23(28)20(39)16-30(21,29)7/h18-23,38-39H,9-16H2,1-8H3,(H,36,37)/t18-,19+,20+,21+,22-,23-,28+,29+,30+,31+/m0/s1. The van der Waals surface area contributed by atoms with Crippen molar-refractivity contribution < 1.29 is 28.1 Å². The van der Waals surface area contributed by atoms with Crippen LogP contribution in [0.4, 0.5) is 13.2 Å². The van der Waals surface area contributed by atoms with E-state index in [4.69, 9.17) is 4.74 Å². The van der Waals surface area contributed by atoms with Crippen molar-refractivity contribution in [1.82, 2.24) is 10.2 Å². The van der Waals surface area contributed by atoms with Gasteiger partial charge in [-0.3, -0.25) is 5.10 Å². The Morgan fingerprint density at radius 1 is 0.925 bits per heavy atom. The van der Waals surface area contributed by atoms with Crippen LogP contribution in [0.5, 0.6) is 0 Å². The summed E-state index contributed by atoms with van der Waals surface area (Å²) in [5, 5.41) is 30.6. The molecular weight excluding hydrogens is 517 g/mol. The molecule has 5 nitrogen and oxygen atoms in total. The number of aromatic nitrogens is 2. The number of H-pyrrole nitrogens is 1. The van der Waals surface area contributed by atoms with E-state index in [9.17, 15) is 23.4 Å². The molecular formula is C32H49F3N2O3. The van der Waals surface area contributed by atoms with Gasteiger partial charge in [0, 0.05) is 22.6 Å². The van der Waals surface area contributed by atoms with Gasteiger partial charge in [-0.25, -0.2) is 0 Å². The lowest BCUT2D eigenvalue weighted by Gasteiger charge is -2.70. The smallest absolute Gasteiger partial charge is 0.393 e. The Labute approximate surface area is 237 Å². The SMILES string of the molecule is CC1(C)CCC[C@](C)([C@H]2CC[C@]3(C)[C@@H]2[C@H](O)C[C@@H]2[C@@]4(C)Cc5c(C(F)(F)F)n[nH]c5C(C)(C)[C@@H]4[C@H](O)C[C@]23C)O1. The summed E-state index contributed by atoms with van der Waals surface area (Å²) < 4.78 is 49.2. The van der Waals surface area contributed by atoms with Crippen LogP contribution in [0.25, 0.3) is 0 Å². The number of ether oxygens (including phenoxy) is 1. The van der Waals surface area contributed by atoms with Gasteiger partial charge < -0.3 is 14.9 Å². The monoisotopic (exact) mass is 566 g/mol. The van der Waals surface area contributed by atoms with Crippen LogP contribution in [0, 0.1) is 39.9 Å². The van der Waals surface area contributed by atoms with E-state index in [0.29, 0.717) is 18.5 Å². The van der Waals surface area contributed by atoms with Crippen LogP contribution in [-0.2, 0) is 22.7 Å². The maximum Gasteiger partial charge on any atom is 0.435 e. The maximum atomic E-state index is 14.1. The summed E-state index contributed by atoms with van der Waals surface area (Å²) in [7, 11) is 0. The molecule has 3 N–H and O–H groups in total. The number of halogens is 3. The highest BCUT2D eigenvalue weighted by Gasteiger charge is 2.73. The number of aliphatic hydroxyl groups is 2. The van der Waals surface area contributed by atoms with Crippen molar-refractivity contribution in [3.05, 3.63) is 17.0 Å². The van der Waals surface area contributed by atoms with Crippen LogP contribution in [0.2, 0.25) is 0 Å². The van der Waals surface area contributed by atoms with Gasteiger partial charge in [0.25, 0.3) is 0 Å². The fraction of sp³-hybridized carbons (Fsp3) is 0.906. The summed E-state index contributed by atoms with van der Waals surface area (Å²) in [6.07, 6.45) is 0.523. The van der Waals surface area contributed by atoms with E-state index in [2.05, 4.69) is 51.7 Å². The van der Waals surface area contributed by atoms with Crippen molar-refractivity contribution in [3.8, 4) is 0 Å². The summed E-state index contributed by atoms with van der Waals surface area (Å²) in [6.45, 7) is 17.1. The van der Waals surface area contributed by atoms with Gasteiger partial charge >= 0.3 is 6.18 Å². The summed E-state index contributed by atoms with van der Waals surface area (Å²) in [5.74, 6) is -0.0700. The zero-order chi connectivity index (χ0) is 29.5. The van der Waals surface area contributed by atoms with E-state index >= 15 is 0 Å². The molecule has 5 aliphatic rings. The molecule has 1 aliphatic heterocycles. The van der Waals surface area contributed by atoms with Crippen LogP contribution in [-0.4, -0.2) is 43.8 Å². The van der Waals surface area contributed by atoms with Crippen LogP contribution in [0.3, 0.4) is 0 Å². The Morgan fingerprint density at radius 3 is 2.23 bits per heavy atom. The first-order valence-electron chi connectivity index (χ1n) is 15.4. The minimum Gasteiger partial charge on any atom is -0.393 e. The van der Waals surface area contributed by atoms with E-state index in [1.165, 1.54) is 0 Å². The van der Waals surface area contributed by atoms with Crippen molar-refractivity contribution in [2.45, 2.75) is 142 Å². The van der Waals surface area contributed by atoms with E-state index < -0.39 is 34.9 Å². The molecule has 40 heavy (non-hydrogen) atoms. The second-order valence-electron chi connectivity index (χ2n) is 16.5. The van der Waals surface area contributed by atoms with Gasteiger partial charge in [0.05, 0.1) is 23.4 Å². The highest BCUT2D eigenvalue weighted by molar-refractivity contribution is 5.40. The van der Waals surface area contributed by atoms with Crippen LogP contribution < -0.4 is 0 Å². The van der Waals surface area contributed by atoms with Crippen molar-refractivity contribution >= 4 is 0 Å². The number of aliphatic hydroxyl groups excluding tert-OH is 2. The van der Waals surface area contributed by atoms with E-state index in [1.807, 2.05) is 13.8 Å². The summed E-state index contributed by atoms with van der Waals surface area (Å²) in [5.41, 5.74) is -2.59. The zero-order valence-corrected chi connectivity index (χ0v) is 25.5. The van der Waals surface area contributed by atoms with Gasteiger partial charge in [-0.15, -0.1) is 0 Å². The number of hydrogen-bond acceptors (Lipinski definition) is 4. The average molecular weight is 567 g/mol. The quantitative estimate of drug-likeness (QED) is 0.349. The Hall–Kier alpha value is -1.12. The van der Waals surface area contributed by atoms with E-state index in [-0.39, 0.29) is 57.7 Å². The van der Waals surface area contributed by atoms with Crippen molar-refractivity contribution in [1.29, 1.82) is 0 Å². The number of nitrogens with one attached hydrogen (secondary N) is 1. The van der Waals surface area contributed by atoms with E-state index in [1.54, 1.807) is 0 Å². The third kappa shape index (κ3) is 3.60. The van der Waals surface area contributed by atoms with Crippen LogP contribution in [0.15, 0.2) is 0 Å². The molecule has 8 heteroatoms. The molecule has 0 bridgehead atoms. The average Bonchev–Trinajstić information content (AvgIpc) is 3.37. The molecule has 0 spiro atoms. The molecule has 2 heterocycles. The third-order valence-electron chi connectivity index (χ3n) is 13.5. The molecule has 4 aliphatic carbocycles. The highest BCUT2D eigenvalue weighted by atomic mass is 19.4.